The molecule has 39 heavy (non-hydrogen) atoms. The van der Waals surface area contributed by atoms with E-state index >= 15 is 0 Å². The highest BCUT2D eigenvalue weighted by atomic mass is 19.4. The van der Waals surface area contributed by atoms with Crippen molar-refractivity contribution >= 4 is 23.2 Å². The molecular formula is C24H28F5N7O3. The SMILES string of the molecule is NC(N)=NCCCN1CCC(n2cc3c(nc2=O)Nc2cc(C(=O)CCC(F)(F)C(F)(F)F)ccc2O3)CC1. The molecule has 5 N–H and O–H groups in total. The predicted molar refractivity (Wildman–Crippen MR) is 133 cm³/mol. The molecule has 1 fully saturated rings. The van der Waals surface area contributed by atoms with Crippen molar-refractivity contribution in [3.05, 3.63) is 40.4 Å². The Morgan fingerprint density at radius 1 is 1.15 bits per heavy atom. The maximum atomic E-state index is 13.2. The second-order valence-corrected chi connectivity index (χ2v) is 9.44. The van der Waals surface area contributed by atoms with Crippen molar-refractivity contribution in [2.75, 3.05) is 31.5 Å². The maximum absolute atomic E-state index is 13.2. The van der Waals surface area contributed by atoms with Gasteiger partial charge in [0.25, 0.3) is 0 Å². The van der Waals surface area contributed by atoms with Gasteiger partial charge in [0.2, 0.25) is 0 Å². The molecule has 2 aliphatic heterocycles. The molecule has 212 valence electrons. The number of ether oxygens (including phenoxy) is 1. The molecule has 4 rings (SSSR count). The smallest absolute Gasteiger partial charge is 0.450 e. The monoisotopic (exact) mass is 557 g/mol. The molecule has 2 aromatic rings. The number of Topliss-reactive ketones (excluding diaryl/α,β-unsaturated/α-hetero) is 1. The van der Waals surface area contributed by atoms with Gasteiger partial charge in [-0.3, -0.25) is 14.4 Å². The van der Waals surface area contributed by atoms with E-state index in [2.05, 4.69) is 20.2 Å². The predicted octanol–water partition coefficient (Wildman–Crippen LogP) is 3.55. The first-order valence-electron chi connectivity index (χ1n) is 12.3. The van der Waals surface area contributed by atoms with Gasteiger partial charge in [-0.1, -0.05) is 0 Å². The van der Waals surface area contributed by atoms with Crippen molar-refractivity contribution in [2.45, 2.75) is 50.2 Å². The Balaban J connectivity index is 1.39. The summed E-state index contributed by atoms with van der Waals surface area (Å²) in [7, 11) is 0. The van der Waals surface area contributed by atoms with Gasteiger partial charge in [-0.05, 0) is 44.0 Å². The zero-order chi connectivity index (χ0) is 28.4. The second kappa shape index (κ2) is 11.2. The molecule has 0 aliphatic carbocycles. The van der Waals surface area contributed by atoms with Crippen LogP contribution in [0.2, 0.25) is 0 Å². The number of carbonyl (C=O) groups is 1. The molecule has 15 heteroatoms. The highest BCUT2D eigenvalue weighted by molar-refractivity contribution is 5.97. The van der Waals surface area contributed by atoms with Gasteiger partial charge in [0.05, 0.1) is 11.9 Å². The lowest BCUT2D eigenvalue weighted by Crippen LogP contribution is -2.38. The first kappa shape index (κ1) is 28.3. The molecule has 0 saturated carbocycles. The van der Waals surface area contributed by atoms with Gasteiger partial charge in [-0.2, -0.15) is 26.9 Å². The number of hydrogen-bond donors (Lipinski definition) is 3. The number of anilines is 2. The van der Waals surface area contributed by atoms with E-state index in [-0.39, 0.29) is 40.6 Å². The number of benzene rings is 1. The van der Waals surface area contributed by atoms with Crippen molar-refractivity contribution in [3.63, 3.8) is 0 Å². The van der Waals surface area contributed by atoms with Crippen LogP contribution < -0.4 is 27.2 Å². The van der Waals surface area contributed by atoms with E-state index in [1.54, 1.807) is 6.20 Å². The summed E-state index contributed by atoms with van der Waals surface area (Å²) in [6.45, 7) is 2.94. The van der Waals surface area contributed by atoms with E-state index in [0.29, 0.717) is 6.54 Å². The number of halogens is 5. The summed E-state index contributed by atoms with van der Waals surface area (Å²) < 4.78 is 71.0. The van der Waals surface area contributed by atoms with E-state index < -0.39 is 36.4 Å². The summed E-state index contributed by atoms with van der Waals surface area (Å²) in [5.74, 6) is -5.12. The van der Waals surface area contributed by atoms with Gasteiger partial charge >= 0.3 is 17.8 Å². The van der Waals surface area contributed by atoms with E-state index in [1.165, 1.54) is 22.8 Å². The number of likely N-dealkylation sites (tertiary alicyclic amines) is 1. The number of nitrogens with one attached hydrogen (secondary N) is 1. The Morgan fingerprint density at radius 2 is 1.87 bits per heavy atom. The first-order valence-corrected chi connectivity index (χ1v) is 12.3. The van der Waals surface area contributed by atoms with Crippen LogP contribution in [0.4, 0.5) is 33.5 Å². The second-order valence-electron chi connectivity index (χ2n) is 9.44. The molecule has 0 radical (unpaired) electrons. The minimum Gasteiger partial charge on any atom is -0.450 e. The molecule has 0 unspecified atom stereocenters. The molecule has 0 spiro atoms. The van der Waals surface area contributed by atoms with Gasteiger partial charge in [0.1, 0.15) is 0 Å². The molecular weight excluding hydrogens is 529 g/mol. The number of aliphatic imine (C=N–C) groups is 1. The van der Waals surface area contributed by atoms with Crippen LogP contribution in [0.5, 0.6) is 11.5 Å². The summed E-state index contributed by atoms with van der Waals surface area (Å²) >= 11 is 0. The van der Waals surface area contributed by atoms with Crippen LogP contribution in [-0.4, -0.2) is 64.5 Å². The number of piperidine rings is 1. The summed E-state index contributed by atoms with van der Waals surface area (Å²) in [6, 6.07) is 3.87. The Morgan fingerprint density at radius 3 is 2.54 bits per heavy atom. The largest absolute Gasteiger partial charge is 0.453 e. The molecule has 3 heterocycles. The third kappa shape index (κ3) is 6.64. The van der Waals surface area contributed by atoms with Crippen molar-refractivity contribution in [2.24, 2.45) is 16.5 Å². The number of alkyl halides is 5. The van der Waals surface area contributed by atoms with Crippen LogP contribution in [0.1, 0.15) is 48.5 Å². The minimum absolute atomic E-state index is 0.0634. The van der Waals surface area contributed by atoms with Gasteiger partial charge in [-0.25, -0.2) is 4.79 Å². The van der Waals surface area contributed by atoms with Gasteiger partial charge in [0, 0.05) is 44.1 Å². The van der Waals surface area contributed by atoms with E-state index in [0.717, 1.165) is 38.9 Å². The highest BCUT2D eigenvalue weighted by Crippen LogP contribution is 2.42. The number of aromatic nitrogens is 2. The minimum atomic E-state index is -5.73. The fraction of sp³-hybridized carbons (Fsp3) is 0.500. The number of fused-ring (bicyclic) bond motifs is 2. The molecule has 2 aliphatic rings. The average molecular weight is 558 g/mol. The van der Waals surface area contributed by atoms with Crippen LogP contribution in [-0.2, 0) is 0 Å². The molecule has 10 nitrogen and oxygen atoms in total. The Bertz CT molecular complexity index is 1300. The van der Waals surface area contributed by atoms with E-state index in [9.17, 15) is 31.5 Å². The molecule has 1 aromatic carbocycles. The van der Waals surface area contributed by atoms with Crippen molar-refractivity contribution in [1.82, 2.24) is 14.5 Å². The zero-order valence-electron chi connectivity index (χ0n) is 20.8. The van der Waals surface area contributed by atoms with Crippen molar-refractivity contribution < 1.29 is 31.5 Å². The van der Waals surface area contributed by atoms with Gasteiger partial charge < -0.3 is 26.4 Å². The lowest BCUT2D eigenvalue weighted by atomic mass is 10.0. The number of hydrogen-bond acceptors (Lipinski definition) is 7. The number of guanidine groups is 1. The molecule has 0 bridgehead atoms. The Kier molecular flexibility index (Phi) is 8.09. The summed E-state index contributed by atoms with van der Waals surface area (Å²) in [6.07, 6.45) is -4.55. The van der Waals surface area contributed by atoms with Crippen LogP contribution in [0.25, 0.3) is 0 Å². The normalized spacial score (nSPS) is 16.0. The quantitative estimate of drug-likeness (QED) is 0.119. The number of nitrogens with zero attached hydrogens (tertiary/aromatic N) is 4. The standard InChI is InChI=1S/C24H28F5N7O3/c25-23(26,24(27,28)29)7-4-17(37)14-2-3-18-16(12-14)33-20-19(39-18)13-36(22(38)34-20)15-5-10-35(11-6-15)9-1-8-32-21(30)31/h2-3,12-13,15H,1,4-11H2,(H4,30,31,32)(H,33,34,38). The topological polar surface area (TPSA) is 141 Å². The molecule has 1 saturated heterocycles. The average Bonchev–Trinajstić information content (AvgIpc) is 2.87. The highest BCUT2D eigenvalue weighted by Gasteiger charge is 2.56. The van der Waals surface area contributed by atoms with Crippen molar-refractivity contribution in [1.29, 1.82) is 0 Å². The number of nitrogens with two attached hydrogens (primary N) is 2. The maximum Gasteiger partial charge on any atom is 0.453 e. The number of rotatable bonds is 9. The van der Waals surface area contributed by atoms with E-state index in [1.807, 2.05) is 0 Å². The fourth-order valence-electron chi connectivity index (χ4n) is 4.49. The Hall–Kier alpha value is -3.75. The number of ketones is 1. The summed E-state index contributed by atoms with van der Waals surface area (Å²) in [4.78, 5) is 35.4. The third-order valence-corrected chi connectivity index (χ3v) is 6.65. The molecule has 1 aromatic heterocycles. The van der Waals surface area contributed by atoms with Gasteiger partial charge in [0.15, 0.2) is 29.1 Å². The molecule has 0 amide bonds. The lowest BCUT2D eigenvalue weighted by molar-refractivity contribution is -0.283. The van der Waals surface area contributed by atoms with Crippen LogP contribution in [0.15, 0.2) is 34.2 Å². The zero-order valence-corrected chi connectivity index (χ0v) is 20.8. The van der Waals surface area contributed by atoms with E-state index in [4.69, 9.17) is 16.2 Å². The fourth-order valence-corrected chi connectivity index (χ4v) is 4.49. The lowest BCUT2D eigenvalue weighted by Gasteiger charge is -2.33. The van der Waals surface area contributed by atoms with Crippen LogP contribution in [0, 0.1) is 0 Å². The van der Waals surface area contributed by atoms with Crippen LogP contribution in [0.3, 0.4) is 0 Å². The Labute approximate surface area is 219 Å². The third-order valence-electron chi connectivity index (χ3n) is 6.65. The number of carbonyl (C=O) groups excluding carboxylic acids is 1. The van der Waals surface area contributed by atoms with Crippen LogP contribution >= 0.6 is 0 Å². The van der Waals surface area contributed by atoms with Gasteiger partial charge in [-0.15, -0.1) is 0 Å². The molecule has 0 atom stereocenters. The summed E-state index contributed by atoms with van der Waals surface area (Å²) in [5.41, 5.74) is 10.3. The first-order chi connectivity index (χ1) is 18.3. The summed E-state index contributed by atoms with van der Waals surface area (Å²) in [5, 5.41) is 2.88. The van der Waals surface area contributed by atoms with Crippen molar-refractivity contribution in [3.8, 4) is 11.5 Å².